The predicted octanol–water partition coefficient (Wildman–Crippen LogP) is 5.59. The van der Waals surface area contributed by atoms with Crippen LogP contribution < -0.4 is 10.1 Å². The Morgan fingerprint density at radius 2 is 1.33 bits per heavy atom. The predicted molar refractivity (Wildman–Crippen MR) is 113 cm³/mol. The summed E-state index contributed by atoms with van der Waals surface area (Å²) in [6.45, 7) is 3.91. The molecule has 0 aromatic heterocycles. The van der Waals surface area contributed by atoms with E-state index in [1.165, 1.54) is 16.7 Å². The highest BCUT2D eigenvalue weighted by Crippen LogP contribution is 2.20. The molecule has 3 rings (SSSR count). The molecule has 2 heteroatoms. The van der Waals surface area contributed by atoms with Crippen LogP contribution in [-0.4, -0.2) is 13.2 Å². The number of rotatable bonds is 10. The van der Waals surface area contributed by atoms with Gasteiger partial charge in [-0.2, -0.15) is 0 Å². The van der Waals surface area contributed by atoms with E-state index in [4.69, 9.17) is 4.74 Å². The molecule has 1 unspecified atom stereocenters. The fourth-order valence-corrected chi connectivity index (χ4v) is 3.26. The number of benzene rings is 3. The second-order valence-electron chi connectivity index (χ2n) is 6.80. The average molecular weight is 360 g/mol. The van der Waals surface area contributed by atoms with E-state index in [9.17, 15) is 0 Å². The van der Waals surface area contributed by atoms with E-state index in [1.54, 1.807) is 0 Å². The number of hydrogen-bond acceptors (Lipinski definition) is 2. The van der Waals surface area contributed by atoms with E-state index >= 15 is 0 Å². The lowest BCUT2D eigenvalue weighted by Crippen LogP contribution is -2.23. The van der Waals surface area contributed by atoms with Gasteiger partial charge in [-0.15, -0.1) is 0 Å². The third-order valence-corrected chi connectivity index (χ3v) is 4.84. The second kappa shape index (κ2) is 10.5. The molecule has 0 saturated carbocycles. The molecule has 27 heavy (non-hydrogen) atoms. The van der Waals surface area contributed by atoms with E-state index < -0.39 is 0 Å². The van der Waals surface area contributed by atoms with Gasteiger partial charge in [0, 0.05) is 12.5 Å². The lowest BCUT2D eigenvalue weighted by molar-refractivity contribution is 0.321. The monoisotopic (exact) mass is 359 g/mol. The van der Waals surface area contributed by atoms with Crippen LogP contribution in [-0.2, 0) is 12.8 Å². The molecular weight excluding hydrogens is 330 g/mol. The lowest BCUT2D eigenvalue weighted by Gasteiger charge is -2.18. The maximum atomic E-state index is 5.90. The first-order valence-corrected chi connectivity index (χ1v) is 9.89. The van der Waals surface area contributed by atoms with Crippen molar-refractivity contribution in [2.45, 2.75) is 32.2 Å². The SMILES string of the molecule is CCC(NCCc1ccccc1)c1ccc(OCCc2ccccc2)cc1. The van der Waals surface area contributed by atoms with Gasteiger partial charge < -0.3 is 10.1 Å². The van der Waals surface area contributed by atoms with Crippen LogP contribution in [0.3, 0.4) is 0 Å². The fraction of sp³-hybridized carbons (Fsp3) is 0.280. The number of nitrogens with one attached hydrogen (secondary N) is 1. The van der Waals surface area contributed by atoms with Crippen molar-refractivity contribution in [3.8, 4) is 5.75 Å². The smallest absolute Gasteiger partial charge is 0.119 e. The highest BCUT2D eigenvalue weighted by Gasteiger charge is 2.08. The summed E-state index contributed by atoms with van der Waals surface area (Å²) in [6.07, 6.45) is 3.06. The Kier molecular flexibility index (Phi) is 7.49. The van der Waals surface area contributed by atoms with Crippen LogP contribution in [0.25, 0.3) is 0 Å². The first kappa shape index (κ1) is 19.2. The van der Waals surface area contributed by atoms with Crippen molar-refractivity contribution in [1.29, 1.82) is 0 Å². The first-order valence-electron chi connectivity index (χ1n) is 9.89. The van der Waals surface area contributed by atoms with E-state index in [-0.39, 0.29) is 0 Å². The summed E-state index contributed by atoms with van der Waals surface area (Å²) in [4.78, 5) is 0. The van der Waals surface area contributed by atoms with Gasteiger partial charge in [0.25, 0.3) is 0 Å². The van der Waals surface area contributed by atoms with Crippen LogP contribution in [0.1, 0.15) is 36.1 Å². The van der Waals surface area contributed by atoms with Gasteiger partial charge in [0.15, 0.2) is 0 Å². The van der Waals surface area contributed by atoms with Crippen LogP contribution in [0, 0.1) is 0 Å². The minimum absolute atomic E-state index is 0.382. The Morgan fingerprint density at radius 1 is 0.741 bits per heavy atom. The van der Waals surface area contributed by atoms with Crippen LogP contribution in [0.5, 0.6) is 5.75 Å². The molecule has 3 aromatic rings. The standard InChI is InChI=1S/C25H29NO/c1-2-25(26-19-17-21-9-5-3-6-10-21)23-13-15-24(16-14-23)27-20-18-22-11-7-4-8-12-22/h3-16,25-26H,2,17-20H2,1H3. The van der Waals surface area contributed by atoms with Crippen molar-refractivity contribution in [1.82, 2.24) is 5.32 Å². The molecule has 0 radical (unpaired) electrons. The molecule has 1 atom stereocenters. The van der Waals surface area contributed by atoms with Gasteiger partial charge in [-0.25, -0.2) is 0 Å². The van der Waals surface area contributed by atoms with Crippen molar-refractivity contribution < 1.29 is 4.74 Å². The van der Waals surface area contributed by atoms with Crippen molar-refractivity contribution in [2.24, 2.45) is 0 Å². The van der Waals surface area contributed by atoms with E-state index in [2.05, 4.69) is 91.1 Å². The van der Waals surface area contributed by atoms with Gasteiger partial charge in [0.1, 0.15) is 5.75 Å². The summed E-state index contributed by atoms with van der Waals surface area (Å²) in [5.41, 5.74) is 4.01. The normalized spacial score (nSPS) is 11.9. The van der Waals surface area contributed by atoms with E-state index in [0.29, 0.717) is 12.6 Å². The molecular formula is C25H29NO. The highest BCUT2D eigenvalue weighted by atomic mass is 16.5. The molecule has 3 aromatic carbocycles. The molecule has 0 aliphatic rings. The second-order valence-corrected chi connectivity index (χ2v) is 6.80. The Balaban J connectivity index is 1.45. The van der Waals surface area contributed by atoms with Gasteiger partial charge in [0.05, 0.1) is 6.61 Å². The molecule has 0 saturated heterocycles. The molecule has 0 amide bonds. The summed E-state index contributed by atoms with van der Waals surface area (Å²) in [5, 5.41) is 3.68. The van der Waals surface area contributed by atoms with Crippen LogP contribution in [0.4, 0.5) is 0 Å². The molecule has 1 N–H and O–H groups in total. The van der Waals surface area contributed by atoms with Crippen molar-refractivity contribution in [2.75, 3.05) is 13.2 Å². The average Bonchev–Trinajstić information content (AvgIpc) is 2.73. The zero-order valence-electron chi connectivity index (χ0n) is 16.1. The first-order chi connectivity index (χ1) is 13.3. The summed E-state index contributed by atoms with van der Waals surface area (Å²) in [7, 11) is 0. The minimum atomic E-state index is 0.382. The summed E-state index contributed by atoms with van der Waals surface area (Å²) >= 11 is 0. The molecule has 0 aliphatic heterocycles. The van der Waals surface area contributed by atoms with Crippen molar-refractivity contribution >= 4 is 0 Å². The summed E-state index contributed by atoms with van der Waals surface area (Å²) in [6, 6.07) is 30.0. The fourth-order valence-electron chi connectivity index (χ4n) is 3.26. The Morgan fingerprint density at radius 3 is 1.93 bits per heavy atom. The highest BCUT2D eigenvalue weighted by molar-refractivity contribution is 5.29. The largest absolute Gasteiger partial charge is 0.493 e. The minimum Gasteiger partial charge on any atom is -0.493 e. The van der Waals surface area contributed by atoms with E-state index in [1.807, 2.05) is 6.07 Å². The molecule has 2 nitrogen and oxygen atoms in total. The van der Waals surface area contributed by atoms with Crippen LogP contribution in [0.15, 0.2) is 84.9 Å². The summed E-state index contributed by atoms with van der Waals surface area (Å²) in [5.74, 6) is 0.939. The maximum absolute atomic E-state index is 5.90. The molecule has 0 aliphatic carbocycles. The van der Waals surface area contributed by atoms with Crippen LogP contribution in [0.2, 0.25) is 0 Å². The number of ether oxygens (including phenoxy) is 1. The van der Waals surface area contributed by atoms with Gasteiger partial charge in [-0.1, -0.05) is 79.7 Å². The Bertz CT molecular complexity index is 768. The lowest BCUT2D eigenvalue weighted by atomic mass is 10.0. The van der Waals surface area contributed by atoms with Crippen molar-refractivity contribution in [3.05, 3.63) is 102 Å². The van der Waals surface area contributed by atoms with E-state index in [0.717, 1.165) is 31.6 Å². The number of hydrogen-bond donors (Lipinski definition) is 1. The third-order valence-electron chi connectivity index (χ3n) is 4.84. The van der Waals surface area contributed by atoms with Gasteiger partial charge in [-0.3, -0.25) is 0 Å². The van der Waals surface area contributed by atoms with Gasteiger partial charge in [0.2, 0.25) is 0 Å². The topological polar surface area (TPSA) is 21.3 Å². The zero-order valence-corrected chi connectivity index (χ0v) is 16.1. The zero-order chi connectivity index (χ0) is 18.7. The molecule has 0 bridgehead atoms. The maximum Gasteiger partial charge on any atom is 0.119 e. The Hall–Kier alpha value is -2.58. The Labute approximate surface area is 163 Å². The molecule has 0 spiro atoms. The third kappa shape index (κ3) is 6.26. The molecule has 0 fully saturated rings. The quantitative estimate of drug-likeness (QED) is 0.509. The molecule has 140 valence electrons. The summed E-state index contributed by atoms with van der Waals surface area (Å²) < 4.78 is 5.90. The van der Waals surface area contributed by atoms with Gasteiger partial charge >= 0.3 is 0 Å². The van der Waals surface area contributed by atoms with Crippen molar-refractivity contribution in [3.63, 3.8) is 0 Å². The van der Waals surface area contributed by atoms with Gasteiger partial charge in [-0.05, 0) is 48.2 Å². The molecule has 0 heterocycles. The van der Waals surface area contributed by atoms with Crippen LogP contribution >= 0.6 is 0 Å².